The average Bonchev–Trinajstić information content (AvgIpc) is 3.28. The van der Waals surface area contributed by atoms with E-state index in [4.69, 9.17) is 4.74 Å². The van der Waals surface area contributed by atoms with Crippen molar-refractivity contribution in [1.29, 1.82) is 0 Å². The highest BCUT2D eigenvalue weighted by atomic mass is 19.4. The smallest absolute Gasteiger partial charge is 0.421 e. The van der Waals surface area contributed by atoms with Gasteiger partial charge in [-0.1, -0.05) is 12.1 Å². The number of alkyl halides is 3. The van der Waals surface area contributed by atoms with Crippen LogP contribution in [-0.2, 0) is 22.9 Å². The van der Waals surface area contributed by atoms with Crippen LogP contribution in [0, 0.1) is 0 Å². The van der Waals surface area contributed by atoms with Crippen molar-refractivity contribution in [3.8, 4) is 5.75 Å². The van der Waals surface area contributed by atoms with Gasteiger partial charge in [-0.25, -0.2) is 4.98 Å². The van der Waals surface area contributed by atoms with Gasteiger partial charge >= 0.3 is 6.18 Å². The van der Waals surface area contributed by atoms with E-state index >= 15 is 0 Å². The summed E-state index contributed by atoms with van der Waals surface area (Å²) < 4.78 is 48.1. The molecule has 3 N–H and O–H groups in total. The van der Waals surface area contributed by atoms with Crippen molar-refractivity contribution in [3.05, 3.63) is 59.3 Å². The van der Waals surface area contributed by atoms with Crippen LogP contribution in [0.1, 0.15) is 50.3 Å². The Labute approximate surface area is 273 Å². The van der Waals surface area contributed by atoms with E-state index in [1.54, 1.807) is 32.0 Å². The predicted molar refractivity (Wildman–Crippen MR) is 178 cm³/mol. The zero-order chi connectivity index (χ0) is 33.3. The molecule has 1 amide bonds. The van der Waals surface area contributed by atoms with Crippen molar-refractivity contribution in [2.75, 3.05) is 73.8 Å². The maximum absolute atomic E-state index is 14.0. The number of ether oxygens (including phenoxy) is 1. The highest BCUT2D eigenvalue weighted by Gasteiger charge is 2.40. The van der Waals surface area contributed by atoms with E-state index in [2.05, 4.69) is 47.7 Å². The fourth-order valence-corrected chi connectivity index (χ4v) is 6.86. The standard InChI is InChI=1S/C34H43F3N8O2/c1-5-47-28-19-24(45-17-15-44(16-18-45)23-11-13-43(4)14-12-23)9-10-26(28)41-32-39-21-25(34(35,36)37)30(42-32)38-20-22-7-6-8-27-29(22)33(2,3)31(46)40-27/h6-10,19,21,23H,5,11-18,20H2,1-4H3,(H,40,46)(H2,38,39,41,42). The van der Waals surface area contributed by atoms with Gasteiger partial charge in [0.1, 0.15) is 17.1 Å². The van der Waals surface area contributed by atoms with Gasteiger partial charge in [0.25, 0.3) is 0 Å². The van der Waals surface area contributed by atoms with Crippen LogP contribution in [-0.4, -0.2) is 84.6 Å². The molecule has 3 aliphatic heterocycles. The number of rotatable bonds is 9. The Balaban J connectivity index is 1.18. The van der Waals surface area contributed by atoms with Gasteiger partial charge < -0.3 is 30.5 Å². The molecule has 2 saturated heterocycles. The molecule has 0 radical (unpaired) electrons. The lowest BCUT2D eigenvalue weighted by molar-refractivity contribution is -0.137. The zero-order valence-corrected chi connectivity index (χ0v) is 27.4. The lowest BCUT2D eigenvalue weighted by atomic mass is 9.83. The van der Waals surface area contributed by atoms with Crippen LogP contribution < -0.4 is 25.6 Å². The molecular weight excluding hydrogens is 609 g/mol. The second-order valence-corrected chi connectivity index (χ2v) is 13.0. The number of nitrogens with one attached hydrogen (secondary N) is 3. The van der Waals surface area contributed by atoms with E-state index in [1.165, 1.54) is 12.8 Å². The number of aromatic nitrogens is 2. The molecule has 3 aliphatic rings. The summed E-state index contributed by atoms with van der Waals surface area (Å²) in [4.78, 5) is 28.1. The van der Waals surface area contributed by atoms with Crippen molar-refractivity contribution in [2.24, 2.45) is 0 Å². The molecule has 0 aliphatic carbocycles. The SMILES string of the molecule is CCOc1cc(N2CCN(C3CCN(C)CC3)CC2)ccc1Nc1ncc(C(F)(F)F)c(NCc2cccc3c2C(C)(C)C(=O)N3)n1. The minimum Gasteiger partial charge on any atom is -0.492 e. The molecule has 3 aromatic rings. The van der Waals surface area contributed by atoms with E-state index in [1.807, 2.05) is 25.1 Å². The van der Waals surface area contributed by atoms with Crippen molar-refractivity contribution in [1.82, 2.24) is 19.8 Å². The van der Waals surface area contributed by atoms with Crippen LogP contribution in [0.25, 0.3) is 0 Å². The van der Waals surface area contributed by atoms with Gasteiger partial charge in [0, 0.05) is 62.4 Å². The first-order valence-electron chi connectivity index (χ1n) is 16.3. The molecule has 10 nitrogen and oxygen atoms in total. The van der Waals surface area contributed by atoms with Gasteiger partial charge in [-0.3, -0.25) is 9.69 Å². The fourth-order valence-electron chi connectivity index (χ4n) is 6.86. The molecule has 6 rings (SSSR count). The van der Waals surface area contributed by atoms with Crippen molar-refractivity contribution >= 4 is 34.7 Å². The summed E-state index contributed by atoms with van der Waals surface area (Å²) in [6.45, 7) is 12.0. The monoisotopic (exact) mass is 652 g/mol. The van der Waals surface area contributed by atoms with Gasteiger partial charge in [-0.05, 0) is 83.1 Å². The average molecular weight is 653 g/mol. The Bertz CT molecular complexity index is 1600. The molecule has 2 fully saturated rings. The number of nitrogens with zero attached hydrogens (tertiary/aromatic N) is 5. The lowest BCUT2D eigenvalue weighted by Gasteiger charge is -2.43. The van der Waals surface area contributed by atoms with E-state index < -0.39 is 17.2 Å². The predicted octanol–water partition coefficient (Wildman–Crippen LogP) is 5.70. The summed E-state index contributed by atoms with van der Waals surface area (Å²) in [5.74, 6) is 0.0478. The van der Waals surface area contributed by atoms with Gasteiger partial charge in [0.2, 0.25) is 11.9 Å². The highest BCUT2D eigenvalue weighted by molar-refractivity contribution is 6.06. The number of halogens is 3. The van der Waals surface area contributed by atoms with Crippen LogP contribution in [0.2, 0.25) is 0 Å². The second-order valence-electron chi connectivity index (χ2n) is 13.0. The third kappa shape index (κ3) is 6.96. The van der Waals surface area contributed by atoms with Gasteiger partial charge in [0.05, 0.1) is 17.7 Å². The molecular formula is C34H43F3N8O2. The van der Waals surface area contributed by atoms with Crippen LogP contribution in [0.15, 0.2) is 42.6 Å². The number of carbonyl (C=O) groups is 1. The largest absolute Gasteiger partial charge is 0.492 e. The normalized spacial score (nSPS) is 19.0. The molecule has 252 valence electrons. The number of fused-ring (bicyclic) bond motifs is 1. The van der Waals surface area contributed by atoms with Gasteiger partial charge in [-0.2, -0.15) is 18.2 Å². The summed E-state index contributed by atoms with van der Waals surface area (Å²) in [6.07, 6.45) is -1.48. The van der Waals surface area contributed by atoms with Crippen LogP contribution in [0.5, 0.6) is 5.75 Å². The molecule has 0 atom stereocenters. The minimum atomic E-state index is -4.67. The van der Waals surface area contributed by atoms with Crippen molar-refractivity contribution in [3.63, 3.8) is 0 Å². The molecule has 13 heteroatoms. The van der Waals surface area contributed by atoms with Crippen LogP contribution in [0.3, 0.4) is 0 Å². The van der Waals surface area contributed by atoms with Crippen LogP contribution in [0.4, 0.5) is 42.0 Å². The summed E-state index contributed by atoms with van der Waals surface area (Å²) in [5.41, 5.74) is 1.90. The molecule has 0 spiro atoms. The Morgan fingerprint density at radius 3 is 2.51 bits per heavy atom. The number of piperazine rings is 1. The number of carbonyl (C=O) groups excluding carboxylic acids is 1. The lowest BCUT2D eigenvalue weighted by Crippen LogP contribution is -2.53. The first-order chi connectivity index (χ1) is 22.4. The molecule has 0 unspecified atom stereocenters. The zero-order valence-electron chi connectivity index (χ0n) is 27.4. The molecule has 4 heterocycles. The number of piperidine rings is 1. The number of benzene rings is 2. The van der Waals surface area contributed by atoms with E-state index in [9.17, 15) is 18.0 Å². The molecule has 0 bridgehead atoms. The van der Waals surface area contributed by atoms with Crippen LogP contribution >= 0.6 is 0 Å². The molecule has 1 aromatic heterocycles. The summed E-state index contributed by atoms with van der Waals surface area (Å²) in [5, 5.41) is 8.80. The van der Waals surface area contributed by atoms with Gasteiger partial charge in [0.15, 0.2) is 0 Å². The number of hydrogen-bond donors (Lipinski definition) is 3. The Morgan fingerprint density at radius 1 is 1.06 bits per heavy atom. The molecule has 47 heavy (non-hydrogen) atoms. The number of amides is 1. The molecule has 0 saturated carbocycles. The highest BCUT2D eigenvalue weighted by Crippen LogP contribution is 2.41. The Morgan fingerprint density at radius 2 is 1.81 bits per heavy atom. The summed E-state index contributed by atoms with van der Waals surface area (Å²) >= 11 is 0. The Hall–Kier alpha value is -4.10. The van der Waals surface area contributed by atoms with E-state index in [-0.39, 0.29) is 24.2 Å². The number of hydrogen-bond acceptors (Lipinski definition) is 9. The number of likely N-dealkylation sites (tertiary alicyclic amines) is 1. The maximum Gasteiger partial charge on any atom is 0.421 e. The Kier molecular flexibility index (Phi) is 9.21. The van der Waals surface area contributed by atoms with Crippen molar-refractivity contribution in [2.45, 2.75) is 57.8 Å². The summed E-state index contributed by atoms with van der Waals surface area (Å²) in [6, 6.07) is 11.8. The second kappa shape index (κ2) is 13.2. The van der Waals surface area contributed by atoms with Gasteiger partial charge in [-0.15, -0.1) is 0 Å². The number of anilines is 5. The maximum atomic E-state index is 14.0. The van der Waals surface area contributed by atoms with E-state index in [0.29, 0.717) is 35.3 Å². The topological polar surface area (TPSA) is 97.9 Å². The molecule has 2 aromatic carbocycles. The van der Waals surface area contributed by atoms with Crippen molar-refractivity contribution < 1.29 is 22.7 Å². The summed E-state index contributed by atoms with van der Waals surface area (Å²) in [7, 11) is 2.18. The van der Waals surface area contributed by atoms with E-state index in [0.717, 1.165) is 56.7 Å². The first kappa shape index (κ1) is 32.8. The quantitative estimate of drug-likeness (QED) is 0.269. The first-order valence-corrected chi connectivity index (χ1v) is 16.3. The third-order valence-corrected chi connectivity index (χ3v) is 9.53. The third-order valence-electron chi connectivity index (χ3n) is 9.53. The minimum absolute atomic E-state index is 0.00332. The fraction of sp³-hybridized carbons (Fsp3) is 0.500.